The lowest BCUT2D eigenvalue weighted by Gasteiger charge is -2.15. The van der Waals surface area contributed by atoms with Gasteiger partial charge in [0.2, 0.25) is 5.91 Å². The lowest BCUT2D eigenvalue weighted by atomic mass is 10.3. The van der Waals surface area contributed by atoms with Crippen molar-refractivity contribution in [2.45, 2.75) is 19.1 Å². The van der Waals surface area contributed by atoms with E-state index >= 15 is 0 Å². The average Bonchev–Trinajstić information content (AvgIpc) is 2.24. The zero-order valence-electron chi connectivity index (χ0n) is 9.25. The summed E-state index contributed by atoms with van der Waals surface area (Å²) in [6.07, 6.45) is -3.13. The highest BCUT2D eigenvalue weighted by Crippen LogP contribution is 2.13. The number of amides is 1. The van der Waals surface area contributed by atoms with E-state index in [0.29, 0.717) is 5.69 Å². The van der Waals surface area contributed by atoms with Crippen molar-refractivity contribution in [1.29, 1.82) is 0 Å². The molecule has 0 spiro atoms. The topological polar surface area (TPSA) is 66.9 Å². The Hall–Kier alpha value is -1.57. The molecule has 0 saturated carbocycles. The molecule has 2 N–H and O–H groups in total. The van der Waals surface area contributed by atoms with Gasteiger partial charge in [-0.2, -0.15) is 18.3 Å². The van der Waals surface area contributed by atoms with Crippen molar-refractivity contribution in [3.8, 4) is 0 Å². The largest absolute Gasteiger partial charge is 0.405 e. The molecular weight excluding hydrogens is 273 g/mol. The van der Waals surface area contributed by atoms with Gasteiger partial charge in [-0.15, -0.1) is 5.10 Å². The molecule has 1 rings (SSSR count). The van der Waals surface area contributed by atoms with Crippen molar-refractivity contribution in [3.05, 3.63) is 17.4 Å². The first-order chi connectivity index (χ1) is 8.28. The molecule has 1 heterocycles. The van der Waals surface area contributed by atoms with Gasteiger partial charge in [0, 0.05) is 6.07 Å². The SMILES string of the molecule is C[C@@H](Nc1cnnc(Cl)c1)C(=O)NCC(F)(F)F. The van der Waals surface area contributed by atoms with Gasteiger partial charge in [0.05, 0.1) is 11.9 Å². The van der Waals surface area contributed by atoms with Crippen LogP contribution in [0.25, 0.3) is 0 Å². The fourth-order valence-electron chi connectivity index (χ4n) is 1.08. The van der Waals surface area contributed by atoms with Crippen molar-refractivity contribution >= 4 is 23.2 Å². The normalized spacial score (nSPS) is 12.9. The summed E-state index contributed by atoms with van der Waals surface area (Å²) in [4.78, 5) is 11.3. The van der Waals surface area contributed by atoms with E-state index in [1.807, 2.05) is 0 Å². The molecule has 0 unspecified atom stereocenters. The summed E-state index contributed by atoms with van der Waals surface area (Å²) in [5.74, 6) is -0.778. The van der Waals surface area contributed by atoms with Crippen molar-refractivity contribution in [2.75, 3.05) is 11.9 Å². The Labute approximate surface area is 106 Å². The van der Waals surface area contributed by atoms with Gasteiger partial charge < -0.3 is 10.6 Å². The first-order valence-electron chi connectivity index (χ1n) is 4.87. The molecular formula is C9H10ClF3N4O. The van der Waals surface area contributed by atoms with Crippen LogP contribution in [0.3, 0.4) is 0 Å². The fraction of sp³-hybridized carbons (Fsp3) is 0.444. The Morgan fingerprint density at radius 3 is 2.78 bits per heavy atom. The van der Waals surface area contributed by atoms with Crippen LogP contribution >= 0.6 is 11.6 Å². The Morgan fingerprint density at radius 1 is 1.56 bits per heavy atom. The highest BCUT2D eigenvalue weighted by molar-refractivity contribution is 6.29. The second-order valence-electron chi connectivity index (χ2n) is 3.47. The Morgan fingerprint density at radius 2 is 2.22 bits per heavy atom. The zero-order chi connectivity index (χ0) is 13.8. The number of rotatable bonds is 4. The molecule has 0 aliphatic carbocycles. The molecule has 0 saturated heterocycles. The predicted octanol–water partition coefficient (Wildman–Crippen LogP) is 1.61. The summed E-state index contributed by atoms with van der Waals surface area (Å²) in [6, 6.07) is 0.551. The van der Waals surface area contributed by atoms with E-state index in [1.165, 1.54) is 19.2 Å². The van der Waals surface area contributed by atoms with E-state index in [4.69, 9.17) is 11.6 Å². The molecule has 0 aromatic carbocycles. The number of hydrogen-bond acceptors (Lipinski definition) is 4. The summed E-state index contributed by atoms with van der Waals surface area (Å²) in [5, 5.41) is 11.5. The summed E-state index contributed by atoms with van der Waals surface area (Å²) in [5.41, 5.74) is 0.393. The van der Waals surface area contributed by atoms with Crippen LogP contribution in [0, 0.1) is 0 Å². The fourth-order valence-corrected chi connectivity index (χ4v) is 1.24. The van der Waals surface area contributed by atoms with E-state index in [9.17, 15) is 18.0 Å². The van der Waals surface area contributed by atoms with Crippen molar-refractivity contribution in [3.63, 3.8) is 0 Å². The Bertz CT molecular complexity index is 427. The second-order valence-corrected chi connectivity index (χ2v) is 3.85. The molecule has 1 aromatic heterocycles. The number of halogens is 4. The molecule has 9 heteroatoms. The van der Waals surface area contributed by atoms with Crippen LogP contribution in [0.4, 0.5) is 18.9 Å². The minimum Gasteiger partial charge on any atom is -0.373 e. The highest BCUT2D eigenvalue weighted by atomic mass is 35.5. The van der Waals surface area contributed by atoms with Crippen molar-refractivity contribution in [1.82, 2.24) is 15.5 Å². The lowest BCUT2D eigenvalue weighted by Crippen LogP contribution is -2.42. The zero-order valence-corrected chi connectivity index (χ0v) is 10.0. The van der Waals surface area contributed by atoms with Crippen molar-refractivity contribution < 1.29 is 18.0 Å². The first-order valence-corrected chi connectivity index (χ1v) is 5.25. The van der Waals surface area contributed by atoms with Gasteiger partial charge in [-0.1, -0.05) is 11.6 Å². The van der Waals surface area contributed by atoms with Crippen LogP contribution in [-0.4, -0.2) is 34.9 Å². The number of anilines is 1. The number of alkyl halides is 3. The number of hydrogen-bond donors (Lipinski definition) is 2. The van der Waals surface area contributed by atoms with Crippen LogP contribution in [0.5, 0.6) is 0 Å². The van der Waals surface area contributed by atoms with E-state index in [0.717, 1.165) is 0 Å². The smallest absolute Gasteiger partial charge is 0.373 e. The molecule has 0 radical (unpaired) electrons. The monoisotopic (exact) mass is 282 g/mol. The van der Waals surface area contributed by atoms with E-state index in [1.54, 1.807) is 5.32 Å². The molecule has 0 bridgehead atoms. The van der Waals surface area contributed by atoms with Gasteiger partial charge in [0.25, 0.3) is 0 Å². The Balaban J connectivity index is 2.50. The van der Waals surface area contributed by atoms with Crippen LogP contribution in [0.15, 0.2) is 12.3 Å². The van der Waals surface area contributed by atoms with Gasteiger partial charge in [0.15, 0.2) is 5.15 Å². The number of nitrogens with zero attached hydrogens (tertiary/aromatic N) is 2. The maximum atomic E-state index is 11.9. The minimum atomic E-state index is -4.43. The molecule has 1 aromatic rings. The maximum Gasteiger partial charge on any atom is 0.405 e. The average molecular weight is 283 g/mol. The Kier molecular flexibility index (Phi) is 4.71. The number of nitrogens with one attached hydrogen (secondary N) is 2. The molecule has 0 fully saturated rings. The number of carbonyl (C=O) groups excluding carboxylic acids is 1. The van der Waals surface area contributed by atoms with E-state index < -0.39 is 24.7 Å². The van der Waals surface area contributed by atoms with Gasteiger partial charge in [-0.25, -0.2) is 0 Å². The summed E-state index contributed by atoms with van der Waals surface area (Å²) in [6.45, 7) is 0.0489. The molecule has 0 aliphatic rings. The minimum absolute atomic E-state index is 0.114. The standard InChI is InChI=1S/C9H10ClF3N4O/c1-5(8(18)14-4-9(11,12)13)16-6-2-7(10)17-15-3-6/h2-3,5H,4H2,1H3,(H,14,18)(H,16,17)/t5-/m1/s1. The van der Waals surface area contributed by atoms with Gasteiger partial charge in [-0.3, -0.25) is 4.79 Å². The third kappa shape index (κ3) is 5.17. The number of aromatic nitrogens is 2. The second kappa shape index (κ2) is 5.85. The molecule has 5 nitrogen and oxygen atoms in total. The third-order valence-corrected chi connectivity index (χ3v) is 2.05. The number of carbonyl (C=O) groups is 1. The molecule has 18 heavy (non-hydrogen) atoms. The summed E-state index contributed by atoms with van der Waals surface area (Å²) < 4.78 is 35.7. The third-order valence-electron chi connectivity index (χ3n) is 1.86. The highest BCUT2D eigenvalue weighted by Gasteiger charge is 2.28. The summed E-state index contributed by atoms with van der Waals surface area (Å²) in [7, 11) is 0. The van der Waals surface area contributed by atoms with Crippen LogP contribution in [0.1, 0.15) is 6.92 Å². The van der Waals surface area contributed by atoms with Crippen molar-refractivity contribution in [2.24, 2.45) is 0 Å². The molecule has 1 atom stereocenters. The molecule has 0 aliphatic heterocycles. The quantitative estimate of drug-likeness (QED) is 0.880. The lowest BCUT2D eigenvalue weighted by molar-refractivity contribution is -0.138. The van der Waals surface area contributed by atoms with Crippen LogP contribution < -0.4 is 10.6 Å². The maximum absolute atomic E-state index is 11.9. The van der Waals surface area contributed by atoms with Gasteiger partial charge in [-0.05, 0) is 6.92 Å². The first kappa shape index (κ1) is 14.5. The van der Waals surface area contributed by atoms with Gasteiger partial charge >= 0.3 is 6.18 Å². The van der Waals surface area contributed by atoms with E-state index in [2.05, 4.69) is 15.5 Å². The van der Waals surface area contributed by atoms with Crippen LogP contribution in [-0.2, 0) is 4.79 Å². The summed E-state index contributed by atoms with van der Waals surface area (Å²) >= 11 is 5.57. The predicted molar refractivity (Wildman–Crippen MR) is 59.2 cm³/mol. The van der Waals surface area contributed by atoms with E-state index in [-0.39, 0.29) is 5.15 Å². The molecule has 1 amide bonds. The van der Waals surface area contributed by atoms with Crippen LogP contribution in [0.2, 0.25) is 5.15 Å². The molecule has 100 valence electrons. The van der Waals surface area contributed by atoms with Gasteiger partial charge in [0.1, 0.15) is 12.6 Å².